The van der Waals surface area contributed by atoms with Crippen LogP contribution in [0.5, 0.6) is 0 Å². The van der Waals surface area contributed by atoms with E-state index in [2.05, 4.69) is 27.9 Å². The Bertz CT molecular complexity index is 439. The van der Waals surface area contributed by atoms with Crippen LogP contribution in [0.3, 0.4) is 0 Å². The van der Waals surface area contributed by atoms with E-state index in [1.807, 2.05) is 31.2 Å². The molecule has 0 unspecified atom stereocenters. The van der Waals surface area contributed by atoms with Gasteiger partial charge in [0.05, 0.1) is 0 Å². The summed E-state index contributed by atoms with van der Waals surface area (Å²) in [4.78, 5) is 0. The number of aryl methyl sites for hydroxylation is 1. The van der Waals surface area contributed by atoms with Crippen molar-refractivity contribution in [3.05, 3.63) is 47.7 Å². The Labute approximate surface area is 101 Å². The van der Waals surface area contributed by atoms with Gasteiger partial charge in [-0.15, -0.1) is 0 Å². The summed E-state index contributed by atoms with van der Waals surface area (Å²) in [6.45, 7) is 4.49. The SMILES string of the molecule is Cc1cc(NCCNCc2ccccc2)no1. The van der Waals surface area contributed by atoms with Gasteiger partial charge in [-0.1, -0.05) is 35.5 Å². The molecule has 0 spiro atoms. The average Bonchev–Trinajstić information content (AvgIpc) is 2.76. The summed E-state index contributed by atoms with van der Waals surface area (Å²) in [5, 5.41) is 10.4. The van der Waals surface area contributed by atoms with Gasteiger partial charge >= 0.3 is 0 Å². The van der Waals surface area contributed by atoms with Gasteiger partial charge < -0.3 is 15.2 Å². The molecule has 4 nitrogen and oxygen atoms in total. The van der Waals surface area contributed by atoms with Crippen molar-refractivity contribution in [2.45, 2.75) is 13.5 Å². The summed E-state index contributed by atoms with van der Waals surface area (Å²) in [5.74, 6) is 1.62. The fraction of sp³-hybridized carbons (Fsp3) is 0.308. The Morgan fingerprint density at radius 3 is 2.71 bits per heavy atom. The van der Waals surface area contributed by atoms with Crippen LogP contribution in [-0.4, -0.2) is 18.2 Å². The lowest BCUT2D eigenvalue weighted by molar-refractivity contribution is 0.399. The second-order valence-electron chi connectivity index (χ2n) is 3.91. The van der Waals surface area contributed by atoms with Crippen molar-refractivity contribution in [2.75, 3.05) is 18.4 Å². The van der Waals surface area contributed by atoms with Crippen LogP contribution >= 0.6 is 0 Å². The van der Waals surface area contributed by atoms with E-state index < -0.39 is 0 Å². The Hall–Kier alpha value is -1.81. The maximum atomic E-state index is 4.96. The van der Waals surface area contributed by atoms with Crippen molar-refractivity contribution in [3.8, 4) is 0 Å². The van der Waals surface area contributed by atoms with Gasteiger partial charge in [0, 0.05) is 25.7 Å². The molecule has 0 bridgehead atoms. The predicted molar refractivity (Wildman–Crippen MR) is 67.9 cm³/mol. The first-order chi connectivity index (χ1) is 8.34. The standard InChI is InChI=1S/C13H17N3O/c1-11-9-13(16-17-11)15-8-7-14-10-12-5-3-2-4-6-12/h2-6,9,14H,7-8,10H2,1H3,(H,15,16). The summed E-state index contributed by atoms with van der Waals surface area (Å²) in [7, 11) is 0. The number of hydrogen-bond donors (Lipinski definition) is 2. The third-order valence-corrected chi connectivity index (χ3v) is 2.41. The third-order valence-electron chi connectivity index (χ3n) is 2.41. The summed E-state index contributed by atoms with van der Waals surface area (Å²) in [6, 6.07) is 12.2. The third kappa shape index (κ3) is 3.92. The molecule has 17 heavy (non-hydrogen) atoms. The minimum Gasteiger partial charge on any atom is -0.366 e. The summed E-state index contributed by atoms with van der Waals surface area (Å²) in [5.41, 5.74) is 1.30. The zero-order chi connectivity index (χ0) is 11.9. The molecule has 0 aliphatic heterocycles. The first-order valence-electron chi connectivity index (χ1n) is 5.76. The molecule has 0 aliphatic rings. The lowest BCUT2D eigenvalue weighted by atomic mass is 10.2. The van der Waals surface area contributed by atoms with Crippen molar-refractivity contribution >= 4 is 5.82 Å². The van der Waals surface area contributed by atoms with E-state index in [9.17, 15) is 0 Å². The van der Waals surface area contributed by atoms with Crippen LogP contribution < -0.4 is 10.6 Å². The lowest BCUT2D eigenvalue weighted by Gasteiger charge is -2.05. The normalized spacial score (nSPS) is 10.4. The molecule has 0 amide bonds. The number of rotatable bonds is 6. The molecule has 1 heterocycles. The Morgan fingerprint density at radius 2 is 2.00 bits per heavy atom. The molecule has 4 heteroatoms. The molecule has 0 saturated carbocycles. The van der Waals surface area contributed by atoms with Crippen molar-refractivity contribution in [3.63, 3.8) is 0 Å². The van der Waals surface area contributed by atoms with Gasteiger partial charge in [-0.25, -0.2) is 0 Å². The number of nitrogens with zero attached hydrogens (tertiary/aromatic N) is 1. The minimum absolute atomic E-state index is 0.795. The van der Waals surface area contributed by atoms with E-state index in [4.69, 9.17) is 4.52 Å². The smallest absolute Gasteiger partial charge is 0.169 e. The van der Waals surface area contributed by atoms with E-state index in [0.717, 1.165) is 31.2 Å². The zero-order valence-electron chi connectivity index (χ0n) is 9.94. The van der Waals surface area contributed by atoms with Gasteiger partial charge in [-0.05, 0) is 12.5 Å². The fourth-order valence-corrected chi connectivity index (χ4v) is 1.56. The Morgan fingerprint density at radius 1 is 1.18 bits per heavy atom. The molecule has 0 aliphatic carbocycles. The van der Waals surface area contributed by atoms with Crippen molar-refractivity contribution in [1.29, 1.82) is 0 Å². The summed E-state index contributed by atoms with van der Waals surface area (Å²) >= 11 is 0. The molecule has 0 radical (unpaired) electrons. The Balaban J connectivity index is 1.61. The van der Waals surface area contributed by atoms with E-state index in [1.54, 1.807) is 0 Å². The average molecular weight is 231 g/mol. The molecule has 1 aromatic heterocycles. The molecule has 0 fully saturated rings. The second kappa shape index (κ2) is 6.06. The van der Waals surface area contributed by atoms with Crippen LogP contribution in [0, 0.1) is 6.92 Å². The van der Waals surface area contributed by atoms with Crippen molar-refractivity contribution in [1.82, 2.24) is 10.5 Å². The van der Waals surface area contributed by atoms with Crippen LogP contribution in [0.25, 0.3) is 0 Å². The monoisotopic (exact) mass is 231 g/mol. The maximum Gasteiger partial charge on any atom is 0.169 e. The zero-order valence-corrected chi connectivity index (χ0v) is 9.94. The van der Waals surface area contributed by atoms with Crippen LogP contribution in [0.2, 0.25) is 0 Å². The van der Waals surface area contributed by atoms with Crippen LogP contribution in [0.15, 0.2) is 40.9 Å². The van der Waals surface area contributed by atoms with Gasteiger partial charge in [0.25, 0.3) is 0 Å². The molecule has 0 atom stereocenters. The van der Waals surface area contributed by atoms with E-state index >= 15 is 0 Å². The minimum atomic E-state index is 0.795. The molecule has 1 aromatic carbocycles. The second-order valence-corrected chi connectivity index (χ2v) is 3.91. The van der Waals surface area contributed by atoms with Crippen molar-refractivity contribution < 1.29 is 4.52 Å². The highest BCUT2D eigenvalue weighted by Crippen LogP contribution is 2.05. The summed E-state index contributed by atoms with van der Waals surface area (Å²) in [6.07, 6.45) is 0. The van der Waals surface area contributed by atoms with Crippen LogP contribution in [0.1, 0.15) is 11.3 Å². The summed E-state index contributed by atoms with van der Waals surface area (Å²) < 4.78 is 4.96. The van der Waals surface area contributed by atoms with E-state index in [-0.39, 0.29) is 0 Å². The first-order valence-corrected chi connectivity index (χ1v) is 5.76. The number of hydrogen-bond acceptors (Lipinski definition) is 4. The number of anilines is 1. The van der Waals surface area contributed by atoms with Gasteiger partial charge in [-0.3, -0.25) is 0 Å². The maximum absolute atomic E-state index is 4.96. The van der Waals surface area contributed by atoms with Gasteiger partial charge in [0.15, 0.2) is 5.82 Å². The first kappa shape index (κ1) is 11.7. The molecular formula is C13H17N3O. The highest BCUT2D eigenvalue weighted by atomic mass is 16.5. The highest BCUT2D eigenvalue weighted by molar-refractivity contribution is 5.33. The van der Waals surface area contributed by atoms with E-state index in [1.165, 1.54) is 5.56 Å². The van der Waals surface area contributed by atoms with E-state index in [0.29, 0.717) is 0 Å². The van der Waals surface area contributed by atoms with Crippen LogP contribution in [0.4, 0.5) is 5.82 Å². The predicted octanol–water partition coefficient (Wildman–Crippen LogP) is 2.18. The highest BCUT2D eigenvalue weighted by Gasteiger charge is 1.97. The topological polar surface area (TPSA) is 50.1 Å². The fourth-order valence-electron chi connectivity index (χ4n) is 1.56. The molecule has 2 N–H and O–H groups in total. The van der Waals surface area contributed by atoms with Crippen molar-refractivity contribution in [2.24, 2.45) is 0 Å². The number of aromatic nitrogens is 1. The van der Waals surface area contributed by atoms with Gasteiger partial charge in [-0.2, -0.15) is 0 Å². The number of nitrogens with one attached hydrogen (secondary N) is 2. The van der Waals surface area contributed by atoms with Gasteiger partial charge in [0.1, 0.15) is 5.76 Å². The molecule has 0 saturated heterocycles. The molecule has 90 valence electrons. The molecular weight excluding hydrogens is 214 g/mol. The largest absolute Gasteiger partial charge is 0.366 e. The molecule has 2 aromatic rings. The lowest BCUT2D eigenvalue weighted by Crippen LogP contribution is -2.21. The number of benzene rings is 1. The quantitative estimate of drug-likeness (QED) is 0.748. The Kier molecular flexibility index (Phi) is 4.16. The molecule has 2 rings (SSSR count). The van der Waals surface area contributed by atoms with Crippen LogP contribution in [-0.2, 0) is 6.54 Å². The van der Waals surface area contributed by atoms with Gasteiger partial charge in [0.2, 0.25) is 0 Å².